The third kappa shape index (κ3) is 3.92. The minimum Gasteiger partial charge on any atom is -0.380 e. The van der Waals surface area contributed by atoms with E-state index >= 15 is 0 Å². The van der Waals surface area contributed by atoms with Crippen molar-refractivity contribution < 1.29 is 9.53 Å². The summed E-state index contributed by atoms with van der Waals surface area (Å²) in [4.78, 5) is 24.2. The predicted octanol–water partition coefficient (Wildman–Crippen LogP) is 2.17. The molecule has 2 aromatic rings. The number of pyridine rings is 1. The molecule has 0 aliphatic heterocycles. The lowest BCUT2D eigenvalue weighted by molar-refractivity contribution is 0.0948. The molecule has 1 fully saturated rings. The maximum atomic E-state index is 12.4. The van der Waals surface area contributed by atoms with Gasteiger partial charge in [-0.3, -0.25) is 9.59 Å². The fourth-order valence-corrected chi connectivity index (χ4v) is 2.82. The van der Waals surface area contributed by atoms with Crippen LogP contribution in [0.25, 0.3) is 0 Å². The predicted molar refractivity (Wildman–Crippen MR) is 92.2 cm³/mol. The van der Waals surface area contributed by atoms with Gasteiger partial charge in [0.15, 0.2) is 0 Å². The first-order chi connectivity index (χ1) is 11.7. The number of hydrogen-bond donors (Lipinski definition) is 1. The fraction of sp³-hybridized carbons (Fsp3) is 0.368. The molecule has 1 amide bonds. The summed E-state index contributed by atoms with van der Waals surface area (Å²) in [6.07, 6.45) is 2.57. The number of ether oxygens (including phenoxy) is 1. The Balaban J connectivity index is 1.61. The molecule has 2 atom stereocenters. The van der Waals surface area contributed by atoms with Gasteiger partial charge in [0.25, 0.3) is 11.5 Å². The molecule has 0 spiro atoms. The summed E-state index contributed by atoms with van der Waals surface area (Å²) < 4.78 is 6.79. The smallest absolute Gasteiger partial charge is 0.253 e. The zero-order valence-corrected chi connectivity index (χ0v) is 13.8. The van der Waals surface area contributed by atoms with E-state index in [1.807, 2.05) is 25.1 Å². The third-order valence-corrected chi connectivity index (χ3v) is 4.26. The maximum Gasteiger partial charge on any atom is 0.253 e. The summed E-state index contributed by atoms with van der Waals surface area (Å²) in [7, 11) is 0. The standard InChI is InChI=1S/C19H22N2O3/c1-2-24-11-10-21-13-15(8-9-18(21)22)19(23)20-17-12-16(17)14-6-4-3-5-7-14/h3-9,13,16-17H,2,10-12H2,1H3,(H,20,23)/t16-,17+/m0/s1. The number of nitrogens with one attached hydrogen (secondary N) is 1. The van der Waals surface area contributed by atoms with Crippen molar-refractivity contribution in [2.75, 3.05) is 13.2 Å². The van der Waals surface area contributed by atoms with Gasteiger partial charge < -0.3 is 14.6 Å². The first-order valence-electron chi connectivity index (χ1n) is 8.33. The number of aromatic nitrogens is 1. The van der Waals surface area contributed by atoms with Gasteiger partial charge in [-0.25, -0.2) is 0 Å². The monoisotopic (exact) mass is 326 g/mol. The number of rotatable bonds is 7. The number of nitrogens with zero attached hydrogens (tertiary/aromatic N) is 1. The van der Waals surface area contributed by atoms with E-state index in [4.69, 9.17) is 4.74 Å². The van der Waals surface area contributed by atoms with Crippen LogP contribution < -0.4 is 10.9 Å². The summed E-state index contributed by atoms with van der Waals surface area (Å²) in [6.45, 7) is 3.42. The van der Waals surface area contributed by atoms with Gasteiger partial charge in [-0.15, -0.1) is 0 Å². The summed E-state index contributed by atoms with van der Waals surface area (Å²) in [6, 6.07) is 13.4. The second-order valence-electron chi connectivity index (χ2n) is 5.98. The molecular weight excluding hydrogens is 304 g/mol. The SMILES string of the molecule is CCOCCn1cc(C(=O)N[C@@H]2C[C@H]2c2ccccc2)ccc1=O. The molecule has 126 valence electrons. The first-order valence-corrected chi connectivity index (χ1v) is 8.33. The van der Waals surface area contributed by atoms with E-state index in [2.05, 4.69) is 17.4 Å². The van der Waals surface area contributed by atoms with Gasteiger partial charge in [-0.05, 0) is 25.0 Å². The molecule has 5 heteroatoms. The van der Waals surface area contributed by atoms with Crippen LogP contribution in [0, 0.1) is 0 Å². The van der Waals surface area contributed by atoms with Crippen molar-refractivity contribution >= 4 is 5.91 Å². The molecule has 1 aliphatic rings. The quantitative estimate of drug-likeness (QED) is 0.793. The molecular formula is C19H22N2O3. The maximum absolute atomic E-state index is 12.4. The van der Waals surface area contributed by atoms with Crippen LogP contribution in [0.3, 0.4) is 0 Å². The van der Waals surface area contributed by atoms with Crippen LogP contribution in [0.4, 0.5) is 0 Å². The fourth-order valence-electron chi connectivity index (χ4n) is 2.82. The molecule has 0 saturated heterocycles. The van der Waals surface area contributed by atoms with Crippen molar-refractivity contribution in [1.29, 1.82) is 0 Å². The van der Waals surface area contributed by atoms with E-state index in [1.165, 1.54) is 16.2 Å². The summed E-state index contributed by atoms with van der Waals surface area (Å²) in [5, 5.41) is 3.05. The molecule has 24 heavy (non-hydrogen) atoms. The Bertz CT molecular complexity index is 755. The molecule has 1 aromatic carbocycles. The van der Waals surface area contributed by atoms with E-state index in [-0.39, 0.29) is 17.5 Å². The molecule has 1 saturated carbocycles. The highest BCUT2D eigenvalue weighted by Crippen LogP contribution is 2.40. The van der Waals surface area contributed by atoms with Crippen molar-refractivity contribution in [1.82, 2.24) is 9.88 Å². The first kappa shape index (κ1) is 16.5. The Labute approximate surface area is 141 Å². The highest BCUT2D eigenvalue weighted by Gasteiger charge is 2.39. The van der Waals surface area contributed by atoms with Crippen molar-refractivity contribution in [3.8, 4) is 0 Å². The molecule has 1 heterocycles. The Morgan fingerprint density at radius 1 is 1.25 bits per heavy atom. The Morgan fingerprint density at radius 3 is 2.79 bits per heavy atom. The van der Waals surface area contributed by atoms with Crippen LogP contribution in [0.2, 0.25) is 0 Å². The largest absolute Gasteiger partial charge is 0.380 e. The van der Waals surface area contributed by atoms with Gasteiger partial charge >= 0.3 is 0 Å². The van der Waals surface area contributed by atoms with Crippen molar-refractivity contribution in [2.24, 2.45) is 0 Å². The molecule has 0 bridgehead atoms. The third-order valence-electron chi connectivity index (χ3n) is 4.26. The number of carbonyl (C=O) groups excluding carboxylic acids is 1. The van der Waals surface area contributed by atoms with Crippen molar-refractivity contribution in [3.05, 3.63) is 70.1 Å². The average Bonchev–Trinajstić information content (AvgIpc) is 3.36. The lowest BCUT2D eigenvalue weighted by Gasteiger charge is -2.09. The minimum atomic E-state index is -0.136. The second kappa shape index (κ2) is 7.45. The molecule has 1 aromatic heterocycles. The molecule has 0 radical (unpaired) electrons. The van der Waals surface area contributed by atoms with Crippen LogP contribution in [0.5, 0.6) is 0 Å². The van der Waals surface area contributed by atoms with Crippen molar-refractivity contribution in [2.45, 2.75) is 31.8 Å². The van der Waals surface area contributed by atoms with Gasteiger partial charge in [0, 0.05) is 37.4 Å². The number of benzene rings is 1. The van der Waals surface area contributed by atoms with Crippen LogP contribution in [0.1, 0.15) is 35.2 Å². The average molecular weight is 326 g/mol. The summed E-state index contributed by atoms with van der Waals surface area (Å²) >= 11 is 0. The zero-order valence-electron chi connectivity index (χ0n) is 13.8. The van der Waals surface area contributed by atoms with Gasteiger partial charge in [0.05, 0.1) is 12.2 Å². The molecule has 5 nitrogen and oxygen atoms in total. The molecule has 1 aliphatic carbocycles. The lowest BCUT2D eigenvalue weighted by Crippen LogP contribution is -2.29. The highest BCUT2D eigenvalue weighted by molar-refractivity contribution is 5.94. The Hall–Kier alpha value is -2.40. The molecule has 1 N–H and O–H groups in total. The second-order valence-corrected chi connectivity index (χ2v) is 5.98. The van der Waals surface area contributed by atoms with E-state index in [0.717, 1.165) is 6.42 Å². The van der Waals surface area contributed by atoms with Crippen molar-refractivity contribution in [3.63, 3.8) is 0 Å². The Morgan fingerprint density at radius 2 is 2.04 bits per heavy atom. The normalized spacial score (nSPS) is 19.0. The van der Waals surface area contributed by atoms with Crippen LogP contribution in [0.15, 0.2) is 53.5 Å². The van der Waals surface area contributed by atoms with E-state index in [0.29, 0.717) is 31.2 Å². The number of amides is 1. The zero-order chi connectivity index (χ0) is 16.9. The Kier molecular flexibility index (Phi) is 5.11. The van der Waals surface area contributed by atoms with Gasteiger partial charge in [-0.1, -0.05) is 30.3 Å². The van der Waals surface area contributed by atoms with E-state index < -0.39 is 0 Å². The molecule has 3 rings (SSSR count). The summed E-state index contributed by atoms with van der Waals surface area (Å²) in [5.74, 6) is 0.252. The summed E-state index contributed by atoms with van der Waals surface area (Å²) in [5.41, 5.74) is 1.63. The minimum absolute atomic E-state index is 0.125. The van der Waals surface area contributed by atoms with Crippen LogP contribution in [-0.2, 0) is 11.3 Å². The van der Waals surface area contributed by atoms with E-state index in [1.54, 1.807) is 12.3 Å². The lowest BCUT2D eigenvalue weighted by atomic mass is 10.1. The van der Waals surface area contributed by atoms with Gasteiger partial charge in [0.1, 0.15) is 0 Å². The van der Waals surface area contributed by atoms with Gasteiger partial charge in [-0.2, -0.15) is 0 Å². The number of hydrogen-bond acceptors (Lipinski definition) is 3. The van der Waals surface area contributed by atoms with E-state index in [9.17, 15) is 9.59 Å². The van der Waals surface area contributed by atoms with Gasteiger partial charge in [0.2, 0.25) is 0 Å². The van der Waals surface area contributed by atoms with Crippen LogP contribution >= 0.6 is 0 Å². The number of carbonyl (C=O) groups is 1. The van der Waals surface area contributed by atoms with Crippen LogP contribution in [-0.4, -0.2) is 29.7 Å². The topological polar surface area (TPSA) is 60.3 Å². The molecule has 0 unspecified atom stereocenters. The highest BCUT2D eigenvalue weighted by atomic mass is 16.5.